The molecule has 0 amide bonds. The van der Waals surface area contributed by atoms with E-state index in [1.165, 1.54) is 12.6 Å². The highest BCUT2D eigenvalue weighted by molar-refractivity contribution is 9.10. The molecule has 2 unspecified atom stereocenters. The summed E-state index contributed by atoms with van der Waals surface area (Å²) in [5.74, 6) is 1.45. The maximum atomic E-state index is 7.56. The van der Waals surface area contributed by atoms with Gasteiger partial charge in [0.15, 0.2) is 0 Å². The topological polar surface area (TPSA) is 53.1 Å². The van der Waals surface area contributed by atoms with E-state index in [-0.39, 0.29) is 0 Å². The number of rotatable bonds is 2. The second-order valence-electron chi connectivity index (χ2n) is 5.26. The van der Waals surface area contributed by atoms with Gasteiger partial charge in [-0.05, 0) is 30.4 Å². The third-order valence-corrected chi connectivity index (χ3v) is 4.43. The summed E-state index contributed by atoms with van der Waals surface area (Å²) < 4.78 is 0.979. The number of halogens is 1. The third-order valence-electron chi connectivity index (χ3n) is 3.97. The first kappa shape index (κ1) is 13.4. The second kappa shape index (κ2) is 5.31. The number of benzene rings is 1. The molecule has 1 aliphatic rings. The van der Waals surface area contributed by atoms with Crippen LogP contribution in [-0.2, 0) is 0 Å². The van der Waals surface area contributed by atoms with E-state index < -0.39 is 0 Å². The Morgan fingerprint density at radius 3 is 2.72 bits per heavy atom. The number of hydrogen-bond acceptors (Lipinski definition) is 3. The van der Waals surface area contributed by atoms with Gasteiger partial charge in [-0.2, -0.15) is 0 Å². The number of hydrogen-bond donors (Lipinski definition) is 2. The van der Waals surface area contributed by atoms with Gasteiger partial charge in [0.1, 0.15) is 0 Å². The number of nitrogens with zero attached hydrogens (tertiary/aromatic N) is 1. The van der Waals surface area contributed by atoms with Crippen molar-refractivity contribution in [2.75, 3.05) is 23.7 Å². The van der Waals surface area contributed by atoms with Gasteiger partial charge in [0.2, 0.25) is 0 Å². The maximum Gasteiger partial charge on any atom is 0.0487 e. The average Bonchev–Trinajstić information content (AvgIpc) is 2.32. The van der Waals surface area contributed by atoms with Crippen molar-refractivity contribution in [2.24, 2.45) is 11.8 Å². The van der Waals surface area contributed by atoms with Crippen molar-refractivity contribution >= 4 is 33.5 Å². The van der Waals surface area contributed by atoms with E-state index in [1.54, 1.807) is 0 Å². The largest absolute Gasteiger partial charge is 0.398 e. The van der Waals surface area contributed by atoms with Crippen LogP contribution in [0.4, 0.5) is 11.4 Å². The summed E-state index contributed by atoms with van der Waals surface area (Å²) in [6.07, 6.45) is 2.56. The molecule has 3 nitrogen and oxygen atoms in total. The Kier molecular flexibility index (Phi) is 3.95. The van der Waals surface area contributed by atoms with Crippen molar-refractivity contribution in [2.45, 2.75) is 20.3 Å². The minimum atomic E-state index is 0.667. The molecule has 0 aromatic heterocycles. The highest BCUT2D eigenvalue weighted by Gasteiger charge is 2.24. The van der Waals surface area contributed by atoms with Crippen molar-refractivity contribution < 1.29 is 0 Å². The third kappa shape index (κ3) is 2.53. The number of anilines is 2. The molecule has 18 heavy (non-hydrogen) atoms. The Bertz CT molecular complexity index is 459. The van der Waals surface area contributed by atoms with Crippen LogP contribution in [0.5, 0.6) is 0 Å². The SMILES string of the molecule is CC1CCN(c2cc(Br)cc(N)c2C=N)CC1C. The fourth-order valence-corrected chi connectivity index (χ4v) is 2.99. The van der Waals surface area contributed by atoms with Crippen LogP contribution < -0.4 is 10.6 Å². The van der Waals surface area contributed by atoms with Crippen LogP contribution in [-0.4, -0.2) is 19.3 Å². The molecule has 1 aliphatic heterocycles. The fourth-order valence-electron chi connectivity index (χ4n) is 2.52. The second-order valence-corrected chi connectivity index (χ2v) is 6.18. The van der Waals surface area contributed by atoms with Gasteiger partial charge in [0.25, 0.3) is 0 Å². The molecule has 0 aliphatic carbocycles. The summed E-state index contributed by atoms with van der Waals surface area (Å²) >= 11 is 3.49. The van der Waals surface area contributed by atoms with Gasteiger partial charge < -0.3 is 16.0 Å². The minimum Gasteiger partial charge on any atom is -0.398 e. The minimum absolute atomic E-state index is 0.667. The van der Waals surface area contributed by atoms with Crippen molar-refractivity contribution in [3.8, 4) is 0 Å². The van der Waals surface area contributed by atoms with Crippen molar-refractivity contribution in [1.82, 2.24) is 0 Å². The van der Waals surface area contributed by atoms with Crippen molar-refractivity contribution in [1.29, 1.82) is 5.41 Å². The molecule has 1 aromatic rings. The lowest BCUT2D eigenvalue weighted by Crippen LogP contribution is -2.39. The molecule has 0 saturated carbocycles. The van der Waals surface area contributed by atoms with E-state index in [0.29, 0.717) is 11.6 Å². The summed E-state index contributed by atoms with van der Waals surface area (Å²) in [5.41, 5.74) is 8.57. The Hall–Kier alpha value is -1.03. The van der Waals surface area contributed by atoms with Gasteiger partial charge in [-0.15, -0.1) is 0 Å². The molecular weight excluding hydrogens is 290 g/mol. The van der Waals surface area contributed by atoms with Gasteiger partial charge in [-0.3, -0.25) is 0 Å². The van der Waals surface area contributed by atoms with Gasteiger partial charge in [0, 0.05) is 40.7 Å². The van der Waals surface area contributed by atoms with E-state index in [2.05, 4.69) is 40.7 Å². The summed E-state index contributed by atoms with van der Waals surface area (Å²) in [7, 11) is 0. The monoisotopic (exact) mass is 309 g/mol. The number of piperidine rings is 1. The van der Waals surface area contributed by atoms with Crippen molar-refractivity contribution in [3.63, 3.8) is 0 Å². The molecule has 1 heterocycles. The molecule has 2 atom stereocenters. The molecular formula is C14H20BrN3. The number of nitrogens with one attached hydrogen (secondary N) is 1. The molecule has 98 valence electrons. The zero-order valence-corrected chi connectivity index (χ0v) is 12.5. The van der Waals surface area contributed by atoms with Crippen LogP contribution in [0, 0.1) is 17.2 Å². The molecule has 0 spiro atoms. The molecule has 1 fully saturated rings. The first-order valence-corrected chi connectivity index (χ1v) is 7.16. The van der Waals surface area contributed by atoms with Gasteiger partial charge in [-0.25, -0.2) is 0 Å². The van der Waals surface area contributed by atoms with E-state index in [4.69, 9.17) is 11.1 Å². The van der Waals surface area contributed by atoms with Crippen LogP contribution in [0.2, 0.25) is 0 Å². The number of nitrogen functional groups attached to an aromatic ring is 1. The van der Waals surface area contributed by atoms with Crippen LogP contribution in [0.1, 0.15) is 25.8 Å². The van der Waals surface area contributed by atoms with Crippen LogP contribution in [0.15, 0.2) is 16.6 Å². The summed E-state index contributed by atoms with van der Waals surface area (Å²) in [6.45, 7) is 6.69. The number of nitrogens with two attached hydrogens (primary N) is 1. The zero-order chi connectivity index (χ0) is 13.3. The van der Waals surface area contributed by atoms with E-state index in [0.717, 1.165) is 34.7 Å². The highest BCUT2D eigenvalue weighted by atomic mass is 79.9. The maximum absolute atomic E-state index is 7.56. The Morgan fingerprint density at radius 1 is 1.39 bits per heavy atom. The van der Waals surface area contributed by atoms with Crippen molar-refractivity contribution in [3.05, 3.63) is 22.2 Å². The lowest BCUT2D eigenvalue weighted by Gasteiger charge is -2.37. The molecule has 2 rings (SSSR count). The molecule has 0 radical (unpaired) electrons. The predicted octanol–water partition coefficient (Wildman–Crippen LogP) is 3.51. The molecule has 4 heteroatoms. The first-order chi connectivity index (χ1) is 8.52. The normalized spacial score (nSPS) is 24.1. The molecule has 1 saturated heterocycles. The Balaban J connectivity index is 2.35. The summed E-state index contributed by atoms with van der Waals surface area (Å²) in [5, 5.41) is 7.56. The quantitative estimate of drug-likeness (QED) is 0.649. The van der Waals surface area contributed by atoms with E-state index in [9.17, 15) is 0 Å². The molecule has 0 bridgehead atoms. The van der Waals surface area contributed by atoms with Gasteiger partial charge in [0.05, 0.1) is 0 Å². The molecule has 3 N–H and O–H groups in total. The van der Waals surface area contributed by atoms with Crippen LogP contribution in [0.25, 0.3) is 0 Å². The Morgan fingerprint density at radius 2 is 2.11 bits per heavy atom. The fraction of sp³-hybridized carbons (Fsp3) is 0.500. The van der Waals surface area contributed by atoms with Gasteiger partial charge >= 0.3 is 0 Å². The standard InChI is InChI=1S/C14H20BrN3/c1-9-3-4-18(8-10(9)2)14-6-11(15)5-13(17)12(14)7-16/h5-7,9-10,16H,3-4,8,17H2,1-2H3. The van der Waals surface area contributed by atoms with Crippen LogP contribution >= 0.6 is 15.9 Å². The first-order valence-electron chi connectivity index (χ1n) is 6.37. The summed E-state index contributed by atoms with van der Waals surface area (Å²) in [6, 6.07) is 3.93. The average molecular weight is 310 g/mol. The Labute approximate surface area is 117 Å². The van der Waals surface area contributed by atoms with Crippen LogP contribution in [0.3, 0.4) is 0 Å². The summed E-state index contributed by atoms with van der Waals surface area (Å²) in [4.78, 5) is 2.35. The van der Waals surface area contributed by atoms with E-state index in [1.807, 2.05) is 6.07 Å². The highest BCUT2D eigenvalue weighted by Crippen LogP contribution is 2.33. The lowest BCUT2D eigenvalue weighted by atomic mass is 9.88. The molecule has 1 aromatic carbocycles. The smallest absolute Gasteiger partial charge is 0.0487 e. The zero-order valence-electron chi connectivity index (χ0n) is 10.9. The predicted molar refractivity (Wildman–Crippen MR) is 81.6 cm³/mol. The lowest BCUT2D eigenvalue weighted by molar-refractivity contribution is 0.324. The van der Waals surface area contributed by atoms with Gasteiger partial charge in [-0.1, -0.05) is 29.8 Å². The van der Waals surface area contributed by atoms with E-state index >= 15 is 0 Å².